The lowest BCUT2D eigenvalue weighted by molar-refractivity contribution is 0.159. The van der Waals surface area contributed by atoms with Crippen molar-refractivity contribution in [1.29, 1.82) is 0 Å². The molecule has 4 saturated carbocycles. The summed E-state index contributed by atoms with van der Waals surface area (Å²) in [5.74, 6) is 6.87. The second kappa shape index (κ2) is 7.27. The van der Waals surface area contributed by atoms with Crippen LogP contribution in [-0.4, -0.2) is 0 Å². The first-order valence-electron chi connectivity index (χ1n) is 10.9. The Kier molecular flexibility index (Phi) is 5.13. The van der Waals surface area contributed by atoms with E-state index in [1.165, 1.54) is 25.7 Å². The maximum atomic E-state index is 1.64. The van der Waals surface area contributed by atoms with Gasteiger partial charge in [0, 0.05) is 0 Å². The molecule has 0 radical (unpaired) electrons. The Balaban J connectivity index is 1.38. The zero-order valence-electron chi connectivity index (χ0n) is 14.8. The van der Waals surface area contributed by atoms with Crippen LogP contribution >= 0.6 is 0 Å². The van der Waals surface area contributed by atoms with Crippen LogP contribution in [0, 0.1) is 35.5 Å². The summed E-state index contributed by atoms with van der Waals surface area (Å²) in [5.41, 5.74) is 0. The normalized spacial score (nSPS) is 40.9. The summed E-state index contributed by atoms with van der Waals surface area (Å²) in [6.07, 6.45) is 25.1. The van der Waals surface area contributed by atoms with Crippen molar-refractivity contribution in [1.82, 2.24) is 0 Å². The molecule has 4 aliphatic carbocycles. The molecule has 0 saturated heterocycles. The van der Waals surface area contributed by atoms with Gasteiger partial charge in [-0.05, 0) is 54.8 Å². The van der Waals surface area contributed by atoms with Gasteiger partial charge in [-0.15, -0.1) is 0 Å². The molecule has 4 atom stereocenters. The third-order valence-corrected chi connectivity index (χ3v) is 8.28. The van der Waals surface area contributed by atoms with Gasteiger partial charge in [-0.25, -0.2) is 0 Å². The van der Waals surface area contributed by atoms with Crippen LogP contribution < -0.4 is 0 Å². The van der Waals surface area contributed by atoms with E-state index >= 15 is 0 Å². The average molecular weight is 303 g/mol. The molecule has 0 amide bonds. The molecule has 4 unspecified atom stereocenters. The van der Waals surface area contributed by atoms with Gasteiger partial charge in [0.15, 0.2) is 0 Å². The molecule has 0 aliphatic heterocycles. The van der Waals surface area contributed by atoms with E-state index in [2.05, 4.69) is 0 Å². The zero-order valence-corrected chi connectivity index (χ0v) is 14.8. The maximum absolute atomic E-state index is 1.64. The Morgan fingerprint density at radius 3 is 1.95 bits per heavy atom. The standard InChI is InChI=1S/C22H38/c1-3-8-17(9-4-1)14-15-21-20-13-7-12-19(20)16-22(21)18-10-5-2-6-11-18/h17-22H,1-16H2. The van der Waals surface area contributed by atoms with E-state index in [0.717, 1.165) is 35.5 Å². The molecule has 0 N–H and O–H groups in total. The Morgan fingerprint density at radius 1 is 0.500 bits per heavy atom. The molecule has 22 heavy (non-hydrogen) atoms. The molecule has 0 aromatic rings. The van der Waals surface area contributed by atoms with Gasteiger partial charge in [-0.2, -0.15) is 0 Å². The molecule has 4 aliphatic rings. The predicted molar refractivity (Wildman–Crippen MR) is 94.8 cm³/mol. The first kappa shape index (κ1) is 15.5. The summed E-state index contributed by atoms with van der Waals surface area (Å²) in [4.78, 5) is 0. The highest BCUT2D eigenvalue weighted by Crippen LogP contribution is 2.56. The fraction of sp³-hybridized carbons (Fsp3) is 1.00. The minimum Gasteiger partial charge on any atom is -0.0533 e. The van der Waals surface area contributed by atoms with Crippen molar-refractivity contribution in [2.24, 2.45) is 35.5 Å². The summed E-state index contributed by atoms with van der Waals surface area (Å²) in [5, 5.41) is 0. The van der Waals surface area contributed by atoms with E-state index in [0.29, 0.717) is 0 Å². The first-order chi connectivity index (χ1) is 10.9. The van der Waals surface area contributed by atoms with Crippen molar-refractivity contribution in [3.63, 3.8) is 0 Å². The van der Waals surface area contributed by atoms with E-state index in [-0.39, 0.29) is 0 Å². The third-order valence-electron chi connectivity index (χ3n) is 8.28. The van der Waals surface area contributed by atoms with Gasteiger partial charge in [0.05, 0.1) is 0 Å². The lowest BCUT2D eigenvalue weighted by Crippen LogP contribution is -2.25. The maximum Gasteiger partial charge on any atom is -0.0352 e. The minimum atomic E-state index is 1.11. The second-order valence-electron chi connectivity index (χ2n) is 9.40. The van der Waals surface area contributed by atoms with Crippen LogP contribution in [-0.2, 0) is 0 Å². The van der Waals surface area contributed by atoms with Crippen LogP contribution in [0.5, 0.6) is 0 Å². The predicted octanol–water partition coefficient (Wildman–Crippen LogP) is 6.98. The smallest absolute Gasteiger partial charge is 0.0352 e. The highest BCUT2D eigenvalue weighted by atomic mass is 14.5. The van der Waals surface area contributed by atoms with Gasteiger partial charge >= 0.3 is 0 Å². The SMILES string of the molecule is C1CCC(CCC2C3CCCC3CC2C2CCCCC2)CC1. The van der Waals surface area contributed by atoms with Crippen LogP contribution in [0.3, 0.4) is 0 Å². The molecule has 0 heteroatoms. The summed E-state index contributed by atoms with van der Waals surface area (Å²) < 4.78 is 0. The zero-order chi connectivity index (χ0) is 14.8. The van der Waals surface area contributed by atoms with E-state index in [1.54, 1.807) is 77.0 Å². The molecule has 4 rings (SSSR count). The molecule has 0 bridgehead atoms. The Hall–Kier alpha value is 0. The quantitative estimate of drug-likeness (QED) is 0.525. The van der Waals surface area contributed by atoms with Crippen molar-refractivity contribution in [3.05, 3.63) is 0 Å². The lowest BCUT2D eigenvalue weighted by atomic mass is 9.71. The van der Waals surface area contributed by atoms with Crippen molar-refractivity contribution >= 4 is 0 Å². The summed E-state index contributed by atoms with van der Waals surface area (Å²) in [6.45, 7) is 0. The van der Waals surface area contributed by atoms with Gasteiger partial charge in [0.2, 0.25) is 0 Å². The van der Waals surface area contributed by atoms with Crippen molar-refractivity contribution in [2.75, 3.05) is 0 Å². The van der Waals surface area contributed by atoms with E-state index in [4.69, 9.17) is 0 Å². The topological polar surface area (TPSA) is 0 Å². The van der Waals surface area contributed by atoms with Gasteiger partial charge in [-0.1, -0.05) is 83.5 Å². The average Bonchev–Trinajstić information content (AvgIpc) is 3.16. The van der Waals surface area contributed by atoms with E-state index in [1.807, 2.05) is 0 Å². The summed E-state index contributed by atoms with van der Waals surface area (Å²) in [6, 6.07) is 0. The number of rotatable bonds is 4. The second-order valence-corrected chi connectivity index (χ2v) is 9.40. The Morgan fingerprint density at radius 2 is 1.18 bits per heavy atom. The van der Waals surface area contributed by atoms with Crippen molar-refractivity contribution in [3.8, 4) is 0 Å². The number of hydrogen-bond donors (Lipinski definition) is 0. The van der Waals surface area contributed by atoms with Crippen LogP contribution in [0.2, 0.25) is 0 Å². The summed E-state index contributed by atoms with van der Waals surface area (Å²) in [7, 11) is 0. The van der Waals surface area contributed by atoms with Crippen LogP contribution in [0.15, 0.2) is 0 Å². The van der Waals surface area contributed by atoms with Crippen molar-refractivity contribution < 1.29 is 0 Å². The molecule has 4 fully saturated rings. The molecule has 0 spiro atoms. The number of hydrogen-bond acceptors (Lipinski definition) is 0. The highest BCUT2D eigenvalue weighted by molar-refractivity contribution is 4.97. The third kappa shape index (κ3) is 3.27. The molecule has 0 heterocycles. The molecule has 126 valence electrons. The highest BCUT2D eigenvalue weighted by Gasteiger charge is 2.47. The summed E-state index contributed by atoms with van der Waals surface area (Å²) >= 11 is 0. The van der Waals surface area contributed by atoms with E-state index in [9.17, 15) is 0 Å². The fourth-order valence-corrected chi connectivity index (χ4v) is 7.20. The van der Waals surface area contributed by atoms with E-state index < -0.39 is 0 Å². The van der Waals surface area contributed by atoms with Crippen molar-refractivity contribution in [2.45, 2.75) is 103 Å². The van der Waals surface area contributed by atoms with Gasteiger partial charge in [0.1, 0.15) is 0 Å². The van der Waals surface area contributed by atoms with Gasteiger partial charge in [-0.3, -0.25) is 0 Å². The fourth-order valence-electron chi connectivity index (χ4n) is 7.20. The molecule has 0 aromatic heterocycles. The Labute approximate surface area is 138 Å². The Bertz CT molecular complexity index is 334. The largest absolute Gasteiger partial charge is 0.0533 e. The van der Waals surface area contributed by atoms with Gasteiger partial charge < -0.3 is 0 Å². The van der Waals surface area contributed by atoms with Crippen LogP contribution in [0.25, 0.3) is 0 Å². The molecule has 0 nitrogen and oxygen atoms in total. The van der Waals surface area contributed by atoms with Gasteiger partial charge in [0.25, 0.3) is 0 Å². The monoisotopic (exact) mass is 302 g/mol. The molecular formula is C22H38. The first-order valence-corrected chi connectivity index (χ1v) is 10.9. The molecular weight excluding hydrogens is 264 g/mol. The number of fused-ring (bicyclic) bond motifs is 1. The lowest BCUT2D eigenvalue weighted by Gasteiger charge is -2.34. The van der Waals surface area contributed by atoms with Crippen LogP contribution in [0.1, 0.15) is 103 Å². The molecule has 0 aromatic carbocycles. The minimum absolute atomic E-state index is 1.11. The van der Waals surface area contributed by atoms with Crippen LogP contribution in [0.4, 0.5) is 0 Å².